The SMILES string of the molecule is CC(=O)c1ccc(N2CCN(c3cnc4ccc(-c5cncc(S(N)(=O)=O)c5)cc4n3)CC2)cc1. The van der Waals surface area contributed by atoms with E-state index >= 15 is 0 Å². The van der Waals surface area contributed by atoms with Crippen molar-refractivity contribution < 1.29 is 13.2 Å². The molecule has 2 aromatic heterocycles. The van der Waals surface area contributed by atoms with Crippen LogP contribution in [0, 0.1) is 0 Å². The summed E-state index contributed by atoms with van der Waals surface area (Å²) in [7, 11) is -3.84. The van der Waals surface area contributed by atoms with Gasteiger partial charge >= 0.3 is 0 Å². The molecule has 178 valence electrons. The zero-order chi connectivity index (χ0) is 24.6. The number of carbonyl (C=O) groups excluding carboxylic acids is 1. The Hall–Kier alpha value is -3.89. The number of fused-ring (bicyclic) bond motifs is 1. The number of rotatable bonds is 5. The zero-order valence-electron chi connectivity index (χ0n) is 19.1. The second-order valence-corrected chi connectivity index (χ2v) is 10.0. The minimum atomic E-state index is -3.84. The molecular formula is C25H24N6O3S. The molecule has 0 spiro atoms. The number of anilines is 2. The maximum absolute atomic E-state index is 11.7. The molecule has 0 bridgehead atoms. The lowest BCUT2D eigenvalue weighted by molar-refractivity contribution is 0.101. The van der Waals surface area contributed by atoms with Gasteiger partial charge in [0.15, 0.2) is 5.78 Å². The van der Waals surface area contributed by atoms with Gasteiger partial charge in [0.2, 0.25) is 10.0 Å². The minimum Gasteiger partial charge on any atom is -0.368 e. The highest BCUT2D eigenvalue weighted by Gasteiger charge is 2.19. The van der Waals surface area contributed by atoms with Gasteiger partial charge in [-0.25, -0.2) is 18.5 Å². The van der Waals surface area contributed by atoms with Crippen LogP contribution in [0.5, 0.6) is 0 Å². The molecule has 0 radical (unpaired) electrons. The molecule has 1 aliphatic heterocycles. The number of nitrogens with zero attached hydrogens (tertiary/aromatic N) is 5. The van der Waals surface area contributed by atoms with Gasteiger partial charge in [0, 0.05) is 55.4 Å². The number of aromatic nitrogens is 3. The number of pyridine rings is 1. The van der Waals surface area contributed by atoms with Crippen LogP contribution in [0.1, 0.15) is 17.3 Å². The van der Waals surface area contributed by atoms with Crippen LogP contribution in [0.4, 0.5) is 11.5 Å². The largest absolute Gasteiger partial charge is 0.368 e. The van der Waals surface area contributed by atoms with Crippen molar-refractivity contribution >= 4 is 38.3 Å². The van der Waals surface area contributed by atoms with Gasteiger partial charge < -0.3 is 9.80 Å². The average molecular weight is 489 g/mol. The van der Waals surface area contributed by atoms with Crippen LogP contribution >= 0.6 is 0 Å². The Morgan fingerprint density at radius 2 is 1.57 bits per heavy atom. The van der Waals surface area contributed by atoms with E-state index in [0.29, 0.717) is 16.6 Å². The predicted molar refractivity (Wildman–Crippen MR) is 135 cm³/mol. The third-order valence-corrected chi connectivity index (χ3v) is 7.03. The second kappa shape index (κ2) is 9.05. The van der Waals surface area contributed by atoms with E-state index in [2.05, 4.69) is 19.8 Å². The minimum absolute atomic E-state index is 0.0382. The fourth-order valence-electron chi connectivity index (χ4n) is 4.17. The molecule has 1 aliphatic rings. The fourth-order valence-corrected chi connectivity index (χ4v) is 4.67. The molecular weight excluding hydrogens is 464 g/mol. The maximum Gasteiger partial charge on any atom is 0.239 e. The Balaban J connectivity index is 1.35. The lowest BCUT2D eigenvalue weighted by atomic mass is 10.1. The van der Waals surface area contributed by atoms with Gasteiger partial charge in [-0.05, 0) is 55.0 Å². The van der Waals surface area contributed by atoms with E-state index in [-0.39, 0.29) is 10.7 Å². The number of nitrogens with two attached hydrogens (primary N) is 1. The first-order valence-corrected chi connectivity index (χ1v) is 12.7. The molecule has 0 unspecified atom stereocenters. The predicted octanol–water partition coefficient (Wildman–Crippen LogP) is 2.87. The Morgan fingerprint density at radius 3 is 2.26 bits per heavy atom. The molecule has 35 heavy (non-hydrogen) atoms. The molecule has 0 aliphatic carbocycles. The van der Waals surface area contributed by atoms with Crippen molar-refractivity contribution in [2.75, 3.05) is 36.0 Å². The summed E-state index contributed by atoms with van der Waals surface area (Å²) in [6.45, 7) is 4.79. The van der Waals surface area contributed by atoms with Crippen LogP contribution < -0.4 is 14.9 Å². The van der Waals surface area contributed by atoms with Crippen molar-refractivity contribution in [3.63, 3.8) is 0 Å². The summed E-state index contributed by atoms with van der Waals surface area (Å²) in [4.78, 5) is 29.4. The summed E-state index contributed by atoms with van der Waals surface area (Å²) in [5.41, 5.74) is 4.68. The van der Waals surface area contributed by atoms with Crippen molar-refractivity contribution in [2.24, 2.45) is 5.14 Å². The molecule has 9 nitrogen and oxygen atoms in total. The summed E-state index contributed by atoms with van der Waals surface area (Å²) < 4.78 is 23.4. The summed E-state index contributed by atoms with van der Waals surface area (Å²) in [5, 5.41) is 5.25. The molecule has 1 fully saturated rings. The van der Waals surface area contributed by atoms with Gasteiger partial charge in [-0.3, -0.25) is 14.8 Å². The van der Waals surface area contributed by atoms with Gasteiger partial charge in [0.25, 0.3) is 0 Å². The smallest absolute Gasteiger partial charge is 0.239 e. The molecule has 2 aromatic carbocycles. The van der Waals surface area contributed by atoms with Crippen molar-refractivity contribution in [1.29, 1.82) is 0 Å². The lowest BCUT2D eigenvalue weighted by Crippen LogP contribution is -2.46. The van der Waals surface area contributed by atoms with E-state index < -0.39 is 10.0 Å². The van der Waals surface area contributed by atoms with E-state index in [9.17, 15) is 13.2 Å². The number of piperazine rings is 1. The molecule has 1 saturated heterocycles. The number of hydrogen-bond donors (Lipinski definition) is 1. The van der Waals surface area contributed by atoms with Crippen LogP contribution in [0.2, 0.25) is 0 Å². The highest BCUT2D eigenvalue weighted by molar-refractivity contribution is 7.89. The van der Waals surface area contributed by atoms with E-state index in [4.69, 9.17) is 10.1 Å². The van der Waals surface area contributed by atoms with E-state index in [0.717, 1.165) is 48.8 Å². The Bertz CT molecular complexity index is 1510. The molecule has 0 saturated carbocycles. The Labute approximate surface area is 203 Å². The van der Waals surface area contributed by atoms with Gasteiger partial charge in [0.1, 0.15) is 10.7 Å². The van der Waals surface area contributed by atoms with Crippen molar-refractivity contribution in [2.45, 2.75) is 11.8 Å². The number of sulfonamides is 1. The van der Waals surface area contributed by atoms with Gasteiger partial charge in [0.05, 0.1) is 17.2 Å². The van der Waals surface area contributed by atoms with Crippen molar-refractivity contribution in [3.05, 3.63) is 72.7 Å². The first-order valence-electron chi connectivity index (χ1n) is 11.1. The first-order chi connectivity index (χ1) is 16.8. The number of hydrogen-bond acceptors (Lipinski definition) is 8. The third kappa shape index (κ3) is 4.84. The quantitative estimate of drug-likeness (QED) is 0.426. The molecule has 2 N–H and O–H groups in total. The number of Topliss-reactive ketones (excluding diaryl/α,β-unsaturated/α-hetero) is 1. The highest BCUT2D eigenvalue weighted by Crippen LogP contribution is 2.26. The molecule has 0 atom stereocenters. The summed E-state index contributed by atoms with van der Waals surface area (Å²) in [6, 6.07) is 14.8. The van der Waals surface area contributed by atoms with Gasteiger partial charge in [-0.1, -0.05) is 6.07 Å². The average Bonchev–Trinajstić information content (AvgIpc) is 2.88. The summed E-state index contributed by atoms with van der Waals surface area (Å²) >= 11 is 0. The first kappa shape index (κ1) is 22.9. The second-order valence-electron chi connectivity index (χ2n) is 8.46. The Kier molecular flexibility index (Phi) is 5.91. The zero-order valence-corrected chi connectivity index (χ0v) is 19.9. The summed E-state index contributed by atoms with van der Waals surface area (Å²) in [6.07, 6.45) is 4.60. The van der Waals surface area contributed by atoms with Crippen LogP contribution in [0.15, 0.2) is 72.0 Å². The van der Waals surface area contributed by atoms with Gasteiger partial charge in [-0.15, -0.1) is 0 Å². The maximum atomic E-state index is 11.7. The molecule has 10 heteroatoms. The number of benzene rings is 2. The standard InChI is InChI=1S/C25H24N6O3S/c1-17(32)18-2-5-21(6-3-18)30-8-10-31(11-9-30)25-16-28-23-7-4-19(13-24(23)29-25)20-12-22(15-27-14-20)35(26,33)34/h2-7,12-16H,8-11H2,1H3,(H2,26,33,34). The van der Waals surface area contributed by atoms with Crippen molar-refractivity contribution in [3.8, 4) is 11.1 Å². The lowest BCUT2D eigenvalue weighted by Gasteiger charge is -2.36. The fraction of sp³-hybridized carbons (Fsp3) is 0.200. The van der Waals surface area contributed by atoms with Gasteiger partial charge in [-0.2, -0.15) is 0 Å². The van der Waals surface area contributed by atoms with E-state index in [1.165, 1.54) is 12.3 Å². The van der Waals surface area contributed by atoms with Crippen LogP contribution in [-0.4, -0.2) is 55.3 Å². The number of ketones is 1. The van der Waals surface area contributed by atoms with Crippen molar-refractivity contribution in [1.82, 2.24) is 15.0 Å². The number of carbonyl (C=O) groups is 1. The molecule has 4 aromatic rings. The topological polar surface area (TPSA) is 122 Å². The summed E-state index contributed by atoms with van der Waals surface area (Å²) in [5.74, 6) is 0.852. The molecule has 5 rings (SSSR count). The molecule has 3 heterocycles. The molecule has 0 amide bonds. The normalized spacial score (nSPS) is 14.3. The monoisotopic (exact) mass is 488 g/mol. The van der Waals surface area contributed by atoms with Crippen LogP contribution in [0.3, 0.4) is 0 Å². The van der Waals surface area contributed by atoms with E-state index in [1.54, 1.807) is 19.3 Å². The third-order valence-electron chi connectivity index (χ3n) is 6.15. The van der Waals surface area contributed by atoms with Crippen LogP contribution in [0.25, 0.3) is 22.2 Å². The van der Waals surface area contributed by atoms with Crippen LogP contribution in [-0.2, 0) is 10.0 Å². The number of primary sulfonamides is 1. The Morgan fingerprint density at radius 1 is 0.857 bits per heavy atom. The van der Waals surface area contributed by atoms with E-state index in [1.807, 2.05) is 42.5 Å². The highest BCUT2D eigenvalue weighted by atomic mass is 32.2.